The van der Waals surface area contributed by atoms with Crippen molar-refractivity contribution in [3.63, 3.8) is 0 Å². The monoisotopic (exact) mass is 450 g/mol. The van der Waals surface area contributed by atoms with Crippen molar-refractivity contribution in [3.05, 3.63) is 70.8 Å². The van der Waals surface area contributed by atoms with Crippen LogP contribution in [0, 0.1) is 0 Å². The summed E-state index contributed by atoms with van der Waals surface area (Å²) in [7, 11) is 10.0. The molecule has 3 aromatic rings. The molecule has 2 atom stereocenters. The Morgan fingerprint density at radius 2 is 1.15 bits per heavy atom. The summed E-state index contributed by atoms with van der Waals surface area (Å²) in [5.74, 6) is 4.68. The number of hydrogen-bond acceptors (Lipinski definition) is 6. The van der Waals surface area contributed by atoms with E-state index in [-0.39, 0.29) is 11.8 Å². The van der Waals surface area contributed by atoms with Crippen molar-refractivity contribution in [1.82, 2.24) is 0 Å². The average Bonchev–Trinajstić information content (AvgIpc) is 3.26. The summed E-state index contributed by atoms with van der Waals surface area (Å²) >= 11 is 0. The first-order valence-electron chi connectivity index (χ1n) is 10.8. The number of rotatable bonds is 8. The van der Waals surface area contributed by atoms with Gasteiger partial charge in [-0.15, -0.1) is 0 Å². The molecule has 0 radical (unpaired) electrons. The van der Waals surface area contributed by atoms with E-state index in [4.69, 9.17) is 28.4 Å². The zero-order chi connectivity index (χ0) is 23.5. The van der Waals surface area contributed by atoms with Gasteiger partial charge in [0.25, 0.3) is 0 Å². The minimum atomic E-state index is -0.0153. The Hall–Kier alpha value is -3.54. The summed E-state index contributed by atoms with van der Waals surface area (Å²) in [6.07, 6.45) is 0.805. The molecular weight excluding hydrogens is 420 g/mol. The quantitative estimate of drug-likeness (QED) is 0.470. The Morgan fingerprint density at radius 3 is 1.73 bits per heavy atom. The van der Waals surface area contributed by atoms with Gasteiger partial charge in [0.15, 0.2) is 0 Å². The van der Waals surface area contributed by atoms with Crippen LogP contribution in [-0.4, -0.2) is 42.7 Å². The number of methoxy groups -OCH3 is 6. The molecule has 3 aromatic carbocycles. The second-order valence-electron chi connectivity index (χ2n) is 7.94. The van der Waals surface area contributed by atoms with Crippen molar-refractivity contribution in [1.29, 1.82) is 0 Å². The highest BCUT2D eigenvalue weighted by molar-refractivity contribution is 5.60. The Morgan fingerprint density at radius 1 is 0.576 bits per heavy atom. The fourth-order valence-electron chi connectivity index (χ4n) is 4.82. The maximum atomic E-state index is 5.85. The molecule has 0 amide bonds. The highest BCUT2D eigenvalue weighted by atomic mass is 16.5. The summed E-state index contributed by atoms with van der Waals surface area (Å²) in [6.45, 7) is 0. The van der Waals surface area contributed by atoms with E-state index in [9.17, 15) is 0 Å². The van der Waals surface area contributed by atoms with Crippen LogP contribution in [0.25, 0.3) is 0 Å². The molecule has 0 bridgehead atoms. The van der Waals surface area contributed by atoms with Gasteiger partial charge in [0.1, 0.15) is 34.5 Å². The third-order valence-electron chi connectivity index (χ3n) is 6.39. The average molecular weight is 451 g/mol. The molecule has 6 nitrogen and oxygen atoms in total. The van der Waals surface area contributed by atoms with Crippen molar-refractivity contribution in [2.45, 2.75) is 18.3 Å². The molecular formula is C27H30O6. The van der Waals surface area contributed by atoms with Crippen LogP contribution in [0.4, 0.5) is 0 Å². The second-order valence-corrected chi connectivity index (χ2v) is 7.94. The number of ether oxygens (including phenoxy) is 6. The van der Waals surface area contributed by atoms with Gasteiger partial charge in [-0.3, -0.25) is 0 Å². The topological polar surface area (TPSA) is 55.4 Å². The molecule has 0 aromatic heterocycles. The predicted octanol–water partition coefficient (Wildman–Crippen LogP) is 5.21. The van der Waals surface area contributed by atoms with E-state index in [1.807, 2.05) is 24.3 Å². The fraction of sp³-hybridized carbons (Fsp3) is 0.333. The highest BCUT2D eigenvalue weighted by Gasteiger charge is 2.39. The van der Waals surface area contributed by atoms with E-state index in [1.165, 1.54) is 5.56 Å². The van der Waals surface area contributed by atoms with Crippen LogP contribution in [-0.2, 0) is 6.42 Å². The van der Waals surface area contributed by atoms with Crippen LogP contribution >= 0.6 is 0 Å². The highest BCUT2D eigenvalue weighted by Crippen LogP contribution is 2.55. The van der Waals surface area contributed by atoms with Crippen LogP contribution in [0.1, 0.15) is 34.1 Å². The van der Waals surface area contributed by atoms with Gasteiger partial charge in [-0.25, -0.2) is 0 Å². The summed E-state index contributed by atoms with van der Waals surface area (Å²) in [4.78, 5) is 0. The summed E-state index contributed by atoms with van der Waals surface area (Å²) in [5.41, 5.74) is 4.49. The number of fused-ring (bicyclic) bond motifs is 1. The van der Waals surface area contributed by atoms with Crippen molar-refractivity contribution in [2.75, 3.05) is 42.7 Å². The van der Waals surface area contributed by atoms with Crippen molar-refractivity contribution in [3.8, 4) is 34.5 Å². The fourth-order valence-corrected chi connectivity index (χ4v) is 4.82. The van der Waals surface area contributed by atoms with Crippen molar-refractivity contribution in [2.24, 2.45) is 0 Å². The zero-order valence-corrected chi connectivity index (χ0v) is 19.9. The number of benzene rings is 3. The molecule has 0 saturated carbocycles. The van der Waals surface area contributed by atoms with Crippen molar-refractivity contribution >= 4 is 0 Å². The van der Waals surface area contributed by atoms with Crippen LogP contribution in [0.5, 0.6) is 34.5 Å². The maximum absolute atomic E-state index is 5.85. The Kier molecular flexibility index (Phi) is 6.54. The molecule has 0 heterocycles. The molecule has 0 fully saturated rings. The molecule has 174 valence electrons. The minimum absolute atomic E-state index is 0.0153. The van der Waals surface area contributed by atoms with Gasteiger partial charge in [-0.05, 0) is 47.7 Å². The molecule has 0 spiro atoms. The van der Waals surface area contributed by atoms with Crippen LogP contribution in [0.2, 0.25) is 0 Å². The third-order valence-corrected chi connectivity index (χ3v) is 6.39. The van der Waals surface area contributed by atoms with E-state index in [0.717, 1.165) is 57.6 Å². The molecule has 0 N–H and O–H groups in total. The number of hydrogen-bond donors (Lipinski definition) is 0. The first-order valence-corrected chi connectivity index (χ1v) is 10.8. The van der Waals surface area contributed by atoms with Gasteiger partial charge >= 0.3 is 0 Å². The lowest BCUT2D eigenvalue weighted by Gasteiger charge is -2.25. The van der Waals surface area contributed by atoms with E-state index >= 15 is 0 Å². The van der Waals surface area contributed by atoms with E-state index < -0.39 is 0 Å². The molecule has 1 aliphatic carbocycles. The lowest BCUT2D eigenvalue weighted by molar-refractivity contribution is 0.383. The predicted molar refractivity (Wildman–Crippen MR) is 127 cm³/mol. The van der Waals surface area contributed by atoms with Gasteiger partial charge in [-0.2, -0.15) is 0 Å². The Labute approximate surface area is 195 Å². The van der Waals surface area contributed by atoms with Gasteiger partial charge in [-0.1, -0.05) is 6.07 Å². The van der Waals surface area contributed by atoms with E-state index in [1.54, 1.807) is 42.7 Å². The lowest BCUT2D eigenvalue weighted by Crippen LogP contribution is -2.11. The molecule has 0 saturated heterocycles. The summed E-state index contributed by atoms with van der Waals surface area (Å²) in [5, 5.41) is 0. The van der Waals surface area contributed by atoms with Crippen LogP contribution in [0.3, 0.4) is 0 Å². The van der Waals surface area contributed by atoms with Crippen LogP contribution in [0.15, 0.2) is 48.5 Å². The Bertz CT molecular complexity index is 1120. The van der Waals surface area contributed by atoms with Gasteiger partial charge < -0.3 is 28.4 Å². The minimum Gasteiger partial charge on any atom is -0.497 e. The maximum Gasteiger partial charge on any atom is 0.126 e. The Balaban J connectivity index is 1.96. The molecule has 1 aliphatic rings. The van der Waals surface area contributed by atoms with E-state index in [0.29, 0.717) is 0 Å². The largest absolute Gasteiger partial charge is 0.497 e. The molecule has 6 heteroatoms. The van der Waals surface area contributed by atoms with Gasteiger partial charge in [0, 0.05) is 35.2 Å². The first kappa shape index (κ1) is 22.6. The van der Waals surface area contributed by atoms with Gasteiger partial charge in [0.05, 0.1) is 42.7 Å². The smallest absolute Gasteiger partial charge is 0.126 e. The standard InChI is InChI=1S/C27H30O6/c1-28-18-7-8-22(24(14-18)32-5)27-23(16-9-19(29-2)13-20(10-16)30-3)12-17-11-21(31-4)15-25(33-6)26(17)27/h7-11,13-15,23,27H,12H2,1-6H3/t23-,27-/m1/s1. The third kappa shape index (κ3) is 4.13. The van der Waals surface area contributed by atoms with E-state index in [2.05, 4.69) is 24.3 Å². The second kappa shape index (κ2) is 9.53. The molecule has 33 heavy (non-hydrogen) atoms. The molecule has 0 unspecified atom stereocenters. The van der Waals surface area contributed by atoms with Crippen molar-refractivity contribution < 1.29 is 28.4 Å². The molecule has 4 rings (SSSR count). The summed E-state index contributed by atoms with van der Waals surface area (Å²) in [6, 6.07) is 16.0. The normalized spacial score (nSPS) is 16.7. The lowest BCUT2D eigenvalue weighted by atomic mass is 9.81. The first-order chi connectivity index (χ1) is 16.1. The van der Waals surface area contributed by atoms with Gasteiger partial charge in [0.2, 0.25) is 0 Å². The van der Waals surface area contributed by atoms with Crippen LogP contribution < -0.4 is 28.4 Å². The zero-order valence-electron chi connectivity index (χ0n) is 19.9. The summed E-state index contributed by atoms with van der Waals surface area (Å²) < 4.78 is 33.8. The molecule has 0 aliphatic heterocycles. The SMILES string of the molecule is COc1cc(OC)cc([C@H]2Cc3cc(OC)cc(OC)c3[C@@H]2c2ccc(OC)cc2OC)c1.